The molecule has 1 fully saturated rings. The van der Waals surface area contributed by atoms with Crippen LogP contribution >= 0.6 is 34.8 Å². The standard InChI is InChI=1S/C18H22ClN3.C4H2Cl2N2/c1-12(2)11-20-17-10-16(21-18(19)22-17)15-9-8-14(15)13-6-4-3-5-7-13;5-3-1-2-7-4(6)8-3/h3-7,10,12,14-15H,8-9,11H2,1-2H3,(H,20,21,22);1-2H. The van der Waals surface area contributed by atoms with Gasteiger partial charge in [-0.15, -0.1) is 0 Å². The number of aromatic nitrogens is 4. The predicted octanol–water partition coefficient (Wildman–Crippen LogP) is 6.64. The number of hydrogen-bond acceptors (Lipinski definition) is 5. The molecule has 2 atom stereocenters. The van der Waals surface area contributed by atoms with Gasteiger partial charge in [-0.05, 0) is 59.5 Å². The van der Waals surface area contributed by atoms with Gasteiger partial charge >= 0.3 is 0 Å². The summed E-state index contributed by atoms with van der Waals surface area (Å²) in [6.45, 7) is 5.24. The highest BCUT2D eigenvalue weighted by Crippen LogP contribution is 2.48. The van der Waals surface area contributed by atoms with Crippen molar-refractivity contribution in [3.05, 3.63) is 75.6 Å². The van der Waals surface area contributed by atoms with Crippen LogP contribution in [0.1, 0.15) is 49.8 Å². The Balaban J connectivity index is 0.000000269. The number of rotatable bonds is 5. The maximum Gasteiger partial charge on any atom is 0.224 e. The zero-order chi connectivity index (χ0) is 21.5. The molecule has 1 aromatic carbocycles. The lowest BCUT2D eigenvalue weighted by Crippen LogP contribution is -2.23. The van der Waals surface area contributed by atoms with Crippen molar-refractivity contribution >= 4 is 40.6 Å². The summed E-state index contributed by atoms with van der Waals surface area (Å²) in [6, 6.07) is 14.3. The van der Waals surface area contributed by atoms with Crippen molar-refractivity contribution in [3.8, 4) is 0 Å². The molecule has 2 unspecified atom stereocenters. The van der Waals surface area contributed by atoms with Gasteiger partial charge in [0.2, 0.25) is 10.6 Å². The number of halogens is 3. The van der Waals surface area contributed by atoms with Gasteiger partial charge in [0.1, 0.15) is 11.0 Å². The average Bonchev–Trinajstić information content (AvgIpc) is 2.66. The van der Waals surface area contributed by atoms with E-state index in [2.05, 4.69) is 75.5 Å². The Morgan fingerprint density at radius 3 is 2.23 bits per heavy atom. The Kier molecular flexibility index (Phi) is 8.25. The van der Waals surface area contributed by atoms with Crippen LogP contribution in [0.25, 0.3) is 0 Å². The summed E-state index contributed by atoms with van der Waals surface area (Å²) in [4.78, 5) is 16.0. The van der Waals surface area contributed by atoms with Gasteiger partial charge in [-0.3, -0.25) is 0 Å². The van der Waals surface area contributed by atoms with Gasteiger partial charge in [-0.2, -0.15) is 0 Å². The fourth-order valence-corrected chi connectivity index (χ4v) is 3.81. The molecule has 1 aliphatic carbocycles. The molecule has 0 aliphatic heterocycles. The second kappa shape index (κ2) is 10.9. The van der Waals surface area contributed by atoms with Gasteiger partial charge < -0.3 is 5.32 Å². The van der Waals surface area contributed by atoms with Gasteiger partial charge in [-0.25, -0.2) is 19.9 Å². The molecule has 0 spiro atoms. The lowest BCUT2D eigenvalue weighted by molar-refractivity contribution is 0.339. The van der Waals surface area contributed by atoms with Gasteiger partial charge in [0, 0.05) is 24.7 Å². The van der Waals surface area contributed by atoms with E-state index in [4.69, 9.17) is 34.8 Å². The van der Waals surface area contributed by atoms with Crippen LogP contribution in [0.3, 0.4) is 0 Å². The molecule has 4 rings (SSSR count). The molecule has 1 aliphatic rings. The molecule has 5 nitrogen and oxygen atoms in total. The Hall–Kier alpha value is -1.95. The highest BCUT2D eigenvalue weighted by Gasteiger charge is 2.34. The molecule has 2 heterocycles. The van der Waals surface area contributed by atoms with Crippen LogP contribution in [0.2, 0.25) is 15.7 Å². The number of nitrogens with one attached hydrogen (secondary N) is 1. The predicted molar refractivity (Wildman–Crippen MR) is 124 cm³/mol. The minimum atomic E-state index is 0.178. The van der Waals surface area contributed by atoms with Crippen LogP contribution in [0.5, 0.6) is 0 Å². The number of benzene rings is 1. The van der Waals surface area contributed by atoms with E-state index in [9.17, 15) is 0 Å². The summed E-state index contributed by atoms with van der Waals surface area (Å²) >= 11 is 16.9. The molecule has 1 saturated carbocycles. The SMILES string of the molecule is CC(C)CNc1cc(C2CCC2c2ccccc2)nc(Cl)n1.Clc1ccnc(Cl)n1. The van der Waals surface area contributed by atoms with Gasteiger partial charge in [0.05, 0.1) is 5.69 Å². The van der Waals surface area contributed by atoms with E-state index in [1.54, 1.807) is 6.07 Å². The third-order valence-corrected chi connectivity index (χ3v) is 5.45. The Morgan fingerprint density at radius 1 is 0.933 bits per heavy atom. The third-order valence-electron chi connectivity index (χ3n) is 4.88. The fraction of sp³-hybridized carbons (Fsp3) is 0.364. The lowest BCUT2D eigenvalue weighted by Gasteiger charge is -2.36. The van der Waals surface area contributed by atoms with Crippen molar-refractivity contribution in [3.63, 3.8) is 0 Å². The number of anilines is 1. The smallest absolute Gasteiger partial charge is 0.224 e. The van der Waals surface area contributed by atoms with Crippen molar-refractivity contribution < 1.29 is 0 Å². The molecule has 3 aromatic rings. The second-order valence-electron chi connectivity index (χ2n) is 7.57. The zero-order valence-electron chi connectivity index (χ0n) is 16.9. The number of hydrogen-bond donors (Lipinski definition) is 1. The zero-order valence-corrected chi connectivity index (χ0v) is 19.2. The van der Waals surface area contributed by atoms with Crippen LogP contribution in [0, 0.1) is 5.92 Å². The summed E-state index contributed by atoms with van der Waals surface area (Å²) < 4.78 is 0. The molecule has 0 radical (unpaired) electrons. The maximum absolute atomic E-state index is 6.12. The summed E-state index contributed by atoms with van der Waals surface area (Å²) in [5, 5.41) is 4.23. The molecule has 0 amide bonds. The molecule has 0 bridgehead atoms. The summed E-state index contributed by atoms with van der Waals surface area (Å²) in [5.74, 6) is 2.40. The van der Waals surface area contributed by atoms with E-state index in [1.165, 1.54) is 18.2 Å². The fourth-order valence-electron chi connectivity index (χ4n) is 3.29. The molecule has 1 N–H and O–H groups in total. The second-order valence-corrected chi connectivity index (χ2v) is 8.63. The first kappa shape index (κ1) is 22.7. The van der Waals surface area contributed by atoms with E-state index in [-0.39, 0.29) is 5.28 Å². The summed E-state index contributed by atoms with van der Waals surface area (Å²) in [6.07, 6.45) is 3.87. The molecule has 2 aromatic heterocycles. The van der Waals surface area contributed by atoms with Gasteiger partial charge in [0.15, 0.2) is 0 Å². The molecule has 158 valence electrons. The molecule has 8 heteroatoms. The first-order valence-electron chi connectivity index (χ1n) is 9.89. The van der Waals surface area contributed by atoms with Crippen molar-refractivity contribution in [2.75, 3.05) is 11.9 Å². The van der Waals surface area contributed by atoms with E-state index in [0.29, 0.717) is 28.2 Å². The highest BCUT2D eigenvalue weighted by molar-refractivity contribution is 6.31. The Morgan fingerprint density at radius 2 is 1.67 bits per heavy atom. The molecular weight excluding hydrogens is 441 g/mol. The van der Waals surface area contributed by atoms with Gasteiger partial charge in [0.25, 0.3) is 0 Å². The third kappa shape index (κ3) is 6.53. The minimum Gasteiger partial charge on any atom is -0.370 e. The lowest BCUT2D eigenvalue weighted by atomic mass is 9.68. The maximum atomic E-state index is 6.12. The minimum absolute atomic E-state index is 0.178. The highest BCUT2D eigenvalue weighted by atomic mass is 35.5. The van der Waals surface area contributed by atoms with Crippen molar-refractivity contribution in [2.45, 2.75) is 38.5 Å². The first-order valence-corrected chi connectivity index (χ1v) is 11.0. The van der Waals surface area contributed by atoms with Crippen LogP contribution in [0.4, 0.5) is 5.82 Å². The largest absolute Gasteiger partial charge is 0.370 e. The average molecular weight is 465 g/mol. The van der Waals surface area contributed by atoms with E-state index < -0.39 is 0 Å². The van der Waals surface area contributed by atoms with E-state index in [1.807, 2.05) is 0 Å². The summed E-state index contributed by atoms with van der Waals surface area (Å²) in [5.41, 5.74) is 2.46. The van der Waals surface area contributed by atoms with Gasteiger partial charge in [-0.1, -0.05) is 55.8 Å². The van der Waals surface area contributed by atoms with Crippen LogP contribution in [-0.4, -0.2) is 26.5 Å². The topological polar surface area (TPSA) is 63.6 Å². The normalized spacial score (nSPS) is 17.7. The van der Waals surface area contributed by atoms with Crippen LogP contribution < -0.4 is 5.32 Å². The number of nitrogens with zero attached hydrogens (tertiary/aromatic N) is 4. The Labute approximate surface area is 192 Å². The summed E-state index contributed by atoms with van der Waals surface area (Å²) in [7, 11) is 0. The van der Waals surface area contributed by atoms with Crippen molar-refractivity contribution in [1.29, 1.82) is 0 Å². The van der Waals surface area contributed by atoms with Crippen LogP contribution in [-0.2, 0) is 0 Å². The van der Waals surface area contributed by atoms with Crippen molar-refractivity contribution in [2.24, 2.45) is 5.92 Å². The molecule has 0 saturated heterocycles. The van der Waals surface area contributed by atoms with Crippen molar-refractivity contribution in [1.82, 2.24) is 19.9 Å². The first-order chi connectivity index (χ1) is 14.4. The molecule has 30 heavy (non-hydrogen) atoms. The monoisotopic (exact) mass is 463 g/mol. The van der Waals surface area contributed by atoms with Crippen LogP contribution in [0.15, 0.2) is 48.7 Å². The van der Waals surface area contributed by atoms with E-state index in [0.717, 1.165) is 24.5 Å². The van der Waals surface area contributed by atoms with E-state index >= 15 is 0 Å². The molecular formula is C22H24Cl3N5. The quantitative estimate of drug-likeness (QED) is 0.338. The Bertz CT molecular complexity index is 935.